The Kier molecular flexibility index (Phi) is 30.7. The molecule has 0 bridgehead atoms. The number of nitrogens with zero attached hydrogens (tertiary/aromatic N) is 1. The van der Waals surface area contributed by atoms with Crippen molar-refractivity contribution in [3.8, 4) is 0 Å². The normalized spacial score (nSPS) is 19.4. The van der Waals surface area contributed by atoms with Gasteiger partial charge in [0.05, 0.1) is 6.61 Å². The first-order valence-electron chi connectivity index (χ1n) is 23.6. The number of benzene rings is 1. The van der Waals surface area contributed by atoms with Gasteiger partial charge in [-0.25, -0.2) is 9.59 Å². The highest BCUT2D eigenvalue weighted by atomic mass is 16.6. The molecule has 0 spiro atoms. The van der Waals surface area contributed by atoms with Gasteiger partial charge in [-0.1, -0.05) is 211 Å². The summed E-state index contributed by atoms with van der Waals surface area (Å²) in [7, 11) is 0. The van der Waals surface area contributed by atoms with E-state index in [0.717, 1.165) is 50.5 Å². The largest absolute Gasteiger partial charge is 0.445 e. The van der Waals surface area contributed by atoms with Crippen LogP contribution >= 0.6 is 0 Å². The Morgan fingerprint density at radius 3 is 1.53 bits per heavy atom. The molecular formula is C47H85N3O7. The van der Waals surface area contributed by atoms with Gasteiger partial charge in [-0.15, -0.1) is 0 Å². The molecule has 5 N–H and O–H groups in total. The number of aliphatic hydroxyl groups excluding tert-OH is 3. The van der Waals surface area contributed by atoms with Crippen molar-refractivity contribution >= 4 is 12.1 Å². The maximum Gasteiger partial charge on any atom is 0.407 e. The van der Waals surface area contributed by atoms with Crippen molar-refractivity contribution in [1.29, 1.82) is 0 Å². The van der Waals surface area contributed by atoms with Crippen LogP contribution in [0.3, 0.4) is 0 Å². The van der Waals surface area contributed by atoms with Gasteiger partial charge in [0.1, 0.15) is 31.0 Å². The quantitative estimate of drug-likeness (QED) is 0.0430. The fourth-order valence-corrected chi connectivity index (χ4v) is 7.86. The molecule has 5 atom stereocenters. The van der Waals surface area contributed by atoms with Crippen LogP contribution in [0.1, 0.15) is 199 Å². The molecule has 10 nitrogen and oxygen atoms in total. The third-order valence-corrected chi connectivity index (χ3v) is 11.5. The van der Waals surface area contributed by atoms with Crippen LogP contribution in [0.5, 0.6) is 0 Å². The number of urea groups is 1. The molecule has 2 rings (SSSR count). The summed E-state index contributed by atoms with van der Waals surface area (Å²) < 4.78 is 11.5. The lowest BCUT2D eigenvalue weighted by Gasteiger charge is -2.46. The maximum absolute atomic E-state index is 13.8. The van der Waals surface area contributed by atoms with Gasteiger partial charge in [0.25, 0.3) is 0 Å². The monoisotopic (exact) mass is 804 g/mol. The number of rotatable bonds is 35. The first kappa shape index (κ1) is 50.7. The minimum atomic E-state index is -1.50. The number of aliphatic hydroxyl groups is 3. The molecule has 1 aromatic carbocycles. The van der Waals surface area contributed by atoms with E-state index in [0.29, 0.717) is 13.1 Å². The van der Waals surface area contributed by atoms with Gasteiger partial charge in [0.2, 0.25) is 0 Å². The summed E-state index contributed by atoms with van der Waals surface area (Å²) in [4.78, 5) is 28.4. The summed E-state index contributed by atoms with van der Waals surface area (Å²) in [5, 5.41) is 37.7. The number of unbranched alkanes of at least 4 members (excludes halogenated alkanes) is 26. The second-order valence-corrected chi connectivity index (χ2v) is 16.6. The van der Waals surface area contributed by atoms with Gasteiger partial charge in [-0.3, -0.25) is 4.90 Å². The Hall–Kier alpha value is -2.40. The van der Waals surface area contributed by atoms with Gasteiger partial charge in [0.15, 0.2) is 6.23 Å². The number of carbonyl (C=O) groups excluding carboxylic acids is 2. The summed E-state index contributed by atoms with van der Waals surface area (Å²) >= 11 is 0. The van der Waals surface area contributed by atoms with Crippen LogP contribution in [0.15, 0.2) is 30.3 Å². The average Bonchev–Trinajstić information content (AvgIpc) is 3.22. The second-order valence-electron chi connectivity index (χ2n) is 16.6. The van der Waals surface area contributed by atoms with E-state index in [2.05, 4.69) is 24.5 Å². The number of amides is 3. The predicted octanol–water partition coefficient (Wildman–Crippen LogP) is 10.7. The van der Waals surface area contributed by atoms with Crippen molar-refractivity contribution in [2.45, 2.75) is 231 Å². The number of alkyl carbamates (subject to hydrolysis) is 1. The van der Waals surface area contributed by atoms with Crippen LogP contribution in [0, 0.1) is 0 Å². The maximum atomic E-state index is 13.8. The zero-order valence-corrected chi connectivity index (χ0v) is 36.3. The topological polar surface area (TPSA) is 141 Å². The van der Waals surface area contributed by atoms with Crippen molar-refractivity contribution < 1.29 is 34.4 Å². The molecule has 1 aliphatic heterocycles. The minimum absolute atomic E-state index is 0.0190. The molecule has 10 heteroatoms. The van der Waals surface area contributed by atoms with Crippen LogP contribution in [-0.2, 0) is 16.1 Å². The Balaban J connectivity index is 1.85. The van der Waals surface area contributed by atoms with Crippen molar-refractivity contribution in [3.05, 3.63) is 35.9 Å². The zero-order valence-electron chi connectivity index (χ0n) is 36.3. The van der Waals surface area contributed by atoms with E-state index in [1.165, 1.54) is 140 Å². The molecule has 1 aromatic rings. The number of nitrogens with one attached hydrogen (secondary N) is 2. The Bertz CT molecular complexity index is 1100. The van der Waals surface area contributed by atoms with Crippen molar-refractivity contribution in [2.75, 3.05) is 19.7 Å². The van der Waals surface area contributed by atoms with Crippen LogP contribution in [0.2, 0.25) is 0 Å². The molecule has 330 valence electrons. The molecule has 1 aliphatic rings. The Morgan fingerprint density at radius 1 is 0.632 bits per heavy atom. The Morgan fingerprint density at radius 2 is 1.07 bits per heavy atom. The third kappa shape index (κ3) is 23.7. The summed E-state index contributed by atoms with van der Waals surface area (Å²) in [6, 6.07) is 7.72. The first-order chi connectivity index (χ1) is 27.9. The molecule has 0 aromatic heterocycles. The SMILES string of the molecule is CCCCCCCCCCCCCCCCCCNC(=O)N(CCCCCCCCCCCCCC)[C@@H]1O[C@H](CO)[C@@H](O)[C@H](O)[C@@H]1NC(=O)OCc1ccccc1. The van der Waals surface area contributed by atoms with E-state index in [9.17, 15) is 24.9 Å². The lowest BCUT2D eigenvalue weighted by molar-refractivity contribution is -0.222. The molecule has 57 heavy (non-hydrogen) atoms. The van der Waals surface area contributed by atoms with Gasteiger partial charge in [-0.05, 0) is 18.4 Å². The fourth-order valence-electron chi connectivity index (χ4n) is 7.86. The lowest BCUT2D eigenvalue weighted by Crippen LogP contribution is -2.69. The van der Waals surface area contributed by atoms with Crippen LogP contribution in [0.4, 0.5) is 9.59 Å². The zero-order chi connectivity index (χ0) is 41.2. The summed E-state index contributed by atoms with van der Waals surface area (Å²) in [6.07, 6.45) is 28.7. The molecule has 1 heterocycles. The summed E-state index contributed by atoms with van der Waals surface area (Å²) in [5.74, 6) is 0. The van der Waals surface area contributed by atoms with Crippen LogP contribution in [-0.4, -0.2) is 82.6 Å². The molecule has 1 saturated heterocycles. The standard InChI is InChI=1S/C47H85N3O7/c1-3-5-7-9-11-13-15-17-18-19-20-21-23-25-27-32-36-48-46(54)50(37-33-28-26-24-22-16-14-12-10-8-6-4-2)45-42(44(53)43(52)41(38-51)57-45)49-47(55)56-39-40-34-30-29-31-35-40/h29-31,34-35,41-45,51-53H,3-28,32-33,36-39H2,1-2H3,(H,48,54)(H,49,55)/t41-,42+,43-,44-,45-/m1/s1. The van der Waals surface area contributed by atoms with E-state index in [4.69, 9.17) is 9.47 Å². The van der Waals surface area contributed by atoms with E-state index < -0.39 is 43.3 Å². The second kappa shape index (κ2) is 34.5. The first-order valence-corrected chi connectivity index (χ1v) is 23.6. The minimum Gasteiger partial charge on any atom is -0.445 e. The molecule has 0 radical (unpaired) electrons. The highest BCUT2D eigenvalue weighted by molar-refractivity contribution is 5.75. The van der Waals surface area contributed by atoms with Crippen molar-refractivity contribution in [1.82, 2.24) is 15.5 Å². The van der Waals surface area contributed by atoms with Gasteiger partial charge >= 0.3 is 12.1 Å². The molecular weight excluding hydrogens is 719 g/mol. The van der Waals surface area contributed by atoms with Gasteiger partial charge in [-0.2, -0.15) is 0 Å². The highest BCUT2D eigenvalue weighted by Gasteiger charge is 2.48. The molecule has 0 saturated carbocycles. The smallest absolute Gasteiger partial charge is 0.407 e. The average molecular weight is 804 g/mol. The van der Waals surface area contributed by atoms with Gasteiger partial charge < -0.3 is 35.4 Å². The number of carbonyl (C=O) groups is 2. The van der Waals surface area contributed by atoms with Gasteiger partial charge in [0, 0.05) is 13.1 Å². The third-order valence-electron chi connectivity index (χ3n) is 11.5. The fraction of sp³-hybridized carbons (Fsp3) is 0.830. The van der Waals surface area contributed by atoms with Crippen LogP contribution < -0.4 is 10.6 Å². The van der Waals surface area contributed by atoms with Crippen molar-refractivity contribution in [2.24, 2.45) is 0 Å². The van der Waals surface area contributed by atoms with E-state index in [1.54, 1.807) is 0 Å². The number of ether oxygens (including phenoxy) is 2. The molecule has 1 fully saturated rings. The highest BCUT2D eigenvalue weighted by Crippen LogP contribution is 2.25. The van der Waals surface area contributed by atoms with Crippen LogP contribution in [0.25, 0.3) is 0 Å². The molecule has 0 aliphatic carbocycles. The predicted molar refractivity (Wildman–Crippen MR) is 232 cm³/mol. The number of hydrogen-bond donors (Lipinski definition) is 5. The molecule has 3 amide bonds. The number of hydrogen-bond acceptors (Lipinski definition) is 7. The van der Waals surface area contributed by atoms with E-state index in [-0.39, 0.29) is 12.6 Å². The summed E-state index contributed by atoms with van der Waals surface area (Å²) in [6.45, 7) is 4.83. The Labute approximate surface area is 347 Å². The van der Waals surface area contributed by atoms with E-state index in [1.807, 2.05) is 30.3 Å². The summed E-state index contributed by atoms with van der Waals surface area (Å²) in [5.41, 5.74) is 0.798. The molecule has 0 unspecified atom stereocenters. The lowest BCUT2D eigenvalue weighted by atomic mass is 9.95. The van der Waals surface area contributed by atoms with E-state index >= 15 is 0 Å². The van der Waals surface area contributed by atoms with Crippen molar-refractivity contribution in [3.63, 3.8) is 0 Å².